The molecule has 2 N–H and O–H groups in total. The second kappa shape index (κ2) is 5.66. The molecule has 0 aromatic heterocycles. The van der Waals surface area contributed by atoms with Crippen molar-refractivity contribution in [1.29, 1.82) is 0 Å². The van der Waals surface area contributed by atoms with Crippen molar-refractivity contribution in [3.63, 3.8) is 0 Å². The Morgan fingerprint density at radius 2 is 1.90 bits per heavy atom. The zero-order valence-electron chi connectivity index (χ0n) is 12.5. The number of hydrogen-bond acceptors (Lipinski definition) is 4. The predicted molar refractivity (Wildman–Crippen MR) is 80.3 cm³/mol. The summed E-state index contributed by atoms with van der Waals surface area (Å²) in [6.45, 7) is 5.00. The number of benzene rings is 1. The molecule has 1 saturated heterocycles. The Balaban J connectivity index is 1.59. The molecule has 0 bridgehead atoms. The molecular formula is C16H22N2O3. The highest BCUT2D eigenvalue weighted by Gasteiger charge is 2.28. The van der Waals surface area contributed by atoms with Gasteiger partial charge in [-0.05, 0) is 44.9 Å². The Bertz CT molecular complexity index is 516. The minimum absolute atomic E-state index is 0.00146. The maximum atomic E-state index is 12.0. The lowest BCUT2D eigenvalue weighted by molar-refractivity contribution is -0.247. The molecule has 1 aliphatic heterocycles. The Hall–Kier alpha value is -1.59. The van der Waals surface area contributed by atoms with Crippen LogP contribution >= 0.6 is 0 Å². The van der Waals surface area contributed by atoms with Crippen molar-refractivity contribution in [2.45, 2.75) is 44.6 Å². The van der Waals surface area contributed by atoms with Crippen molar-refractivity contribution < 1.29 is 14.3 Å². The summed E-state index contributed by atoms with van der Waals surface area (Å²) in [7, 11) is 0. The molecular weight excluding hydrogens is 268 g/mol. The van der Waals surface area contributed by atoms with E-state index in [2.05, 4.69) is 10.6 Å². The third-order valence-corrected chi connectivity index (χ3v) is 3.67. The summed E-state index contributed by atoms with van der Waals surface area (Å²) in [6, 6.07) is 8.01. The Labute approximate surface area is 125 Å². The van der Waals surface area contributed by atoms with Crippen LogP contribution in [0.1, 0.15) is 37.0 Å². The van der Waals surface area contributed by atoms with Crippen LogP contribution in [0.15, 0.2) is 24.3 Å². The molecule has 2 fully saturated rings. The average Bonchev–Trinajstić information content (AvgIpc) is 3.25. The summed E-state index contributed by atoms with van der Waals surface area (Å²) in [4.78, 5) is 12.0. The molecule has 0 atom stereocenters. The monoisotopic (exact) mass is 290 g/mol. The second-order valence-corrected chi connectivity index (χ2v) is 6.19. The van der Waals surface area contributed by atoms with E-state index >= 15 is 0 Å². The summed E-state index contributed by atoms with van der Waals surface area (Å²) >= 11 is 0. The number of hydrogen-bond donors (Lipinski definition) is 2. The average molecular weight is 290 g/mol. The van der Waals surface area contributed by atoms with Crippen LogP contribution in [0.2, 0.25) is 0 Å². The van der Waals surface area contributed by atoms with Gasteiger partial charge in [-0.15, -0.1) is 0 Å². The van der Waals surface area contributed by atoms with E-state index in [0.29, 0.717) is 24.8 Å². The smallest absolute Gasteiger partial charge is 0.251 e. The number of ether oxygens (including phenoxy) is 2. The van der Waals surface area contributed by atoms with Gasteiger partial charge < -0.3 is 20.1 Å². The van der Waals surface area contributed by atoms with Gasteiger partial charge in [0, 0.05) is 17.3 Å². The number of carbonyl (C=O) groups excluding carboxylic acids is 1. The SMILES string of the molecule is CC1(C)OCC(Nc2cccc(C(=O)NC3CC3)c2)CO1. The van der Waals surface area contributed by atoms with Crippen LogP contribution in [0.25, 0.3) is 0 Å². The first-order valence-corrected chi connectivity index (χ1v) is 7.47. The van der Waals surface area contributed by atoms with Gasteiger partial charge in [0.05, 0.1) is 19.3 Å². The number of nitrogens with one attached hydrogen (secondary N) is 2. The van der Waals surface area contributed by atoms with Crippen LogP contribution in [0.3, 0.4) is 0 Å². The molecule has 3 rings (SSSR count). The van der Waals surface area contributed by atoms with E-state index in [9.17, 15) is 4.79 Å². The van der Waals surface area contributed by atoms with E-state index in [4.69, 9.17) is 9.47 Å². The van der Waals surface area contributed by atoms with Crippen LogP contribution in [-0.2, 0) is 9.47 Å². The molecule has 0 unspecified atom stereocenters. The lowest BCUT2D eigenvalue weighted by atomic mass is 10.1. The third-order valence-electron chi connectivity index (χ3n) is 3.67. The van der Waals surface area contributed by atoms with Gasteiger partial charge in [0.1, 0.15) is 0 Å². The Kier molecular flexibility index (Phi) is 3.87. The van der Waals surface area contributed by atoms with Gasteiger partial charge in [0.2, 0.25) is 0 Å². The van der Waals surface area contributed by atoms with E-state index in [1.165, 1.54) is 0 Å². The molecule has 1 aromatic carbocycles. The molecule has 1 aromatic rings. The van der Waals surface area contributed by atoms with E-state index in [-0.39, 0.29) is 11.9 Å². The van der Waals surface area contributed by atoms with Crippen molar-refractivity contribution in [1.82, 2.24) is 5.32 Å². The lowest BCUT2D eigenvalue weighted by Gasteiger charge is -2.35. The highest BCUT2D eigenvalue weighted by Crippen LogP contribution is 2.21. The maximum absolute atomic E-state index is 12.0. The van der Waals surface area contributed by atoms with Gasteiger partial charge in [0.25, 0.3) is 5.91 Å². The van der Waals surface area contributed by atoms with Gasteiger partial charge in [0.15, 0.2) is 5.79 Å². The number of anilines is 1. The van der Waals surface area contributed by atoms with Crippen LogP contribution in [0.4, 0.5) is 5.69 Å². The zero-order valence-corrected chi connectivity index (χ0v) is 12.5. The van der Waals surface area contributed by atoms with Crippen molar-refractivity contribution in [3.05, 3.63) is 29.8 Å². The maximum Gasteiger partial charge on any atom is 0.251 e. The minimum Gasteiger partial charge on any atom is -0.378 e. The van der Waals surface area contributed by atoms with E-state index in [1.807, 2.05) is 38.1 Å². The van der Waals surface area contributed by atoms with Crippen LogP contribution in [-0.4, -0.2) is 37.0 Å². The second-order valence-electron chi connectivity index (χ2n) is 6.19. The lowest BCUT2D eigenvalue weighted by Crippen LogP contribution is -2.45. The van der Waals surface area contributed by atoms with Crippen LogP contribution < -0.4 is 10.6 Å². The molecule has 1 saturated carbocycles. The van der Waals surface area contributed by atoms with Crippen LogP contribution in [0.5, 0.6) is 0 Å². The van der Waals surface area contributed by atoms with Gasteiger partial charge in [-0.2, -0.15) is 0 Å². The molecule has 114 valence electrons. The normalized spacial score (nSPS) is 21.8. The van der Waals surface area contributed by atoms with E-state index < -0.39 is 5.79 Å². The predicted octanol–water partition coefficient (Wildman–Crippen LogP) is 2.14. The molecule has 21 heavy (non-hydrogen) atoms. The summed E-state index contributed by atoms with van der Waals surface area (Å²) in [6.07, 6.45) is 2.19. The zero-order chi connectivity index (χ0) is 14.9. The summed E-state index contributed by atoms with van der Waals surface area (Å²) < 4.78 is 11.2. The standard InChI is InChI=1S/C16H22N2O3/c1-16(2)20-9-14(10-21-16)17-13-5-3-4-11(8-13)15(19)18-12-6-7-12/h3-5,8,12,14,17H,6-7,9-10H2,1-2H3,(H,18,19). The van der Waals surface area contributed by atoms with Crippen molar-refractivity contribution in [2.24, 2.45) is 0 Å². The molecule has 1 heterocycles. The number of carbonyl (C=O) groups is 1. The van der Waals surface area contributed by atoms with Crippen molar-refractivity contribution in [3.8, 4) is 0 Å². The third kappa shape index (κ3) is 3.95. The molecule has 5 nitrogen and oxygen atoms in total. The molecule has 0 radical (unpaired) electrons. The largest absolute Gasteiger partial charge is 0.378 e. The highest BCUT2D eigenvalue weighted by atomic mass is 16.7. The first kappa shape index (κ1) is 14.4. The van der Waals surface area contributed by atoms with Gasteiger partial charge >= 0.3 is 0 Å². The number of rotatable bonds is 4. The van der Waals surface area contributed by atoms with Crippen LogP contribution in [0, 0.1) is 0 Å². The topological polar surface area (TPSA) is 59.6 Å². The molecule has 2 aliphatic rings. The molecule has 1 amide bonds. The Morgan fingerprint density at radius 1 is 1.19 bits per heavy atom. The summed E-state index contributed by atoms with van der Waals surface area (Å²) in [5, 5.41) is 6.35. The molecule has 5 heteroatoms. The van der Waals surface area contributed by atoms with Gasteiger partial charge in [-0.1, -0.05) is 6.07 Å². The fourth-order valence-electron chi connectivity index (χ4n) is 2.26. The number of amides is 1. The fraction of sp³-hybridized carbons (Fsp3) is 0.562. The first-order valence-electron chi connectivity index (χ1n) is 7.47. The molecule has 1 aliphatic carbocycles. The van der Waals surface area contributed by atoms with Gasteiger partial charge in [-0.3, -0.25) is 4.79 Å². The van der Waals surface area contributed by atoms with Crippen molar-refractivity contribution >= 4 is 11.6 Å². The highest BCUT2D eigenvalue weighted by molar-refractivity contribution is 5.95. The fourth-order valence-corrected chi connectivity index (χ4v) is 2.26. The minimum atomic E-state index is -0.510. The molecule has 0 spiro atoms. The Morgan fingerprint density at radius 3 is 2.57 bits per heavy atom. The quantitative estimate of drug-likeness (QED) is 0.892. The summed E-state index contributed by atoms with van der Waals surface area (Å²) in [5.41, 5.74) is 1.60. The van der Waals surface area contributed by atoms with Gasteiger partial charge in [-0.25, -0.2) is 0 Å². The van der Waals surface area contributed by atoms with E-state index in [1.54, 1.807) is 0 Å². The van der Waals surface area contributed by atoms with Crippen molar-refractivity contribution in [2.75, 3.05) is 18.5 Å². The summed E-state index contributed by atoms with van der Waals surface area (Å²) in [5.74, 6) is -0.511. The van der Waals surface area contributed by atoms with E-state index in [0.717, 1.165) is 18.5 Å². The first-order chi connectivity index (χ1) is 10.0.